The summed E-state index contributed by atoms with van der Waals surface area (Å²) in [6.45, 7) is 2.26. The van der Waals surface area contributed by atoms with Gasteiger partial charge >= 0.3 is 0 Å². The van der Waals surface area contributed by atoms with Crippen molar-refractivity contribution in [1.29, 1.82) is 0 Å². The molecule has 0 aliphatic carbocycles. The smallest absolute Gasteiger partial charge is 0.253 e. The zero-order chi connectivity index (χ0) is 17.4. The number of aromatic nitrogens is 3. The van der Waals surface area contributed by atoms with E-state index < -0.39 is 0 Å². The van der Waals surface area contributed by atoms with Gasteiger partial charge in [0.05, 0.1) is 17.9 Å². The summed E-state index contributed by atoms with van der Waals surface area (Å²) in [7, 11) is 0. The maximum atomic E-state index is 12.8. The third kappa shape index (κ3) is 2.89. The predicted molar refractivity (Wildman–Crippen MR) is 90.0 cm³/mol. The highest BCUT2D eigenvalue weighted by Crippen LogP contribution is 2.24. The minimum Gasteiger partial charge on any atom is -0.352 e. The first-order chi connectivity index (χ1) is 12.2. The highest BCUT2D eigenvalue weighted by molar-refractivity contribution is 5.99. The van der Waals surface area contributed by atoms with E-state index in [9.17, 15) is 9.59 Å². The number of hydrogen-bond acceptors (Lipinski definition) is 5. The lowest BCUT2D eigenvalue weighted by Gasteiger charge is -2.20. The van der Waals surface area contributed by atoms with Gasteiger partial charge < -0.3 is 16.0 Å². The zero-order valence-corrected chi connectivity index (χ0v) is 13.8. The number of nitrogens with one attached hydrogen (secondary N) is 1. The monoisotopic (exact) mass is 340 g/mol. The van der Waals surface area contributed by atoms with Crippen molar-refractivity contribution in [3.63, 3.8) is 0 Å². The molecule has 0 radical (unpaired) electrons. The van der Waals surface area contributed by atoms with Crippen LogP contribution in [-0.2, 0) is 13.0 Å². The number of fused-ring (bicyclic) bond motifs is 1. The summed E-state index contributed by atoms with van der Waals surface area (Å²) in [5, 5.41) is 10.9. The summed E-state index contributed by atoms with van der Waals surface area (Å²) in [6, 6.07) is 5.46. The summed E-state index contributed by atoms with van der Waals surface area (Å²) in [5.41, 5.74) is 8.56. The summed E-state index contributed by atoms with van der Waals surface area (Å²) < 4.78 is 1.80. The van der Waals surface area contributed by atoms with Crippen LogP contribution < -0.4 is 11.1 Å². The topological polar surface area (TPSA) is 106 Å². The van der Waals surface area contributed by atoms with Gasteiger partial charge in [0.25, 0.3) is 11.8 Å². The minimum atomic E-state index is -0.0663. The van der Waals surface area contributed by atoms with Gasteiger partial charge in [0.15, 0.2) is 0 Å². The molecule has 3 N–H and O–H groups in total. The van der Waals surface area contributed by atoms with E-state index in [0.29, 0.717) is 37.3 Å². The van der Waals surface area contributed by atoms with Crippen molar-refractivity contribution in [2.45, 2.75) is 25.4 Å². The molecule has 1 aromatic carbocycles. The third-order valence-corrected chi connectivity index (χ3v) is 4.87. The maximum absolute atomic E-state index is 12.8. The Hall–Kier alpha value is -2.74. The maximum Gasteiger partial charge on any atom is 0.253 e. The molecule has 1 fully saturated rings. The standard InChI is InChI=1S/C17H20N6O2/c18-8-13-9-23(21-20-13)14-4-6-22(10-14)17(25)12-1-2-15-11(7-12)3-5-19-16(15)24/h1-2,7,9,14H,3-6,8,10,18H2,(H,19,24). The highest BCUT2D eigenvalue weighted by atomic mass is 16.2. The van der Waals surface area contributed by atoms with Crippen LogP contribution in [0, 0.1) is 0 Å². The lowest BCUT2D eigenvalue weighted by molar-refractivity contribution is 0.0785. The van der Waals surface area contributed by atoms with Gasteiger partial charge in [-0.1, -0.05) is 5.21 Å². The number of benzene rings is 1. The molecule has 2 aromatic rings. The summed E-state index contributed by atoms with van der Waals surface area (Å²) in [4.78, 5) is 26.5. The Morgan fingerprint density at radius 3 is 3.08 bits per heavy atom. The molecule has 0 saturated carbocycles. The van der Waals surface area contributed by atoms with Crippen LogP contribution in [0.2, 0.25) is 0 Å². The minimum absolute atomic E-state index is 0.00422. The molecular weight excluding hydrogens is 320 g/mol. The van der Waals surface area contributed by atoms with Crippen molar-refractivity contribution in [3.05, 3.63) is 46.8 Å². The van der Waals surface area contributed by atoms with Crippen molar-refractivity contribution in [1.82, 2.24) is 25.2 Å². The SMILES string of the molecule is NCc1cn(C2CCN(C(=O)c3ccc4c(c3)CCNC4=O)C2)nn1. The largest absolute Gasteiger partial charge is 0.352 e. The molecule has 4 rings (SSSR count). The van der Waals surface area contributed by atoms with Crippen LogP contribution >= 0.6 is 0 Å². The van der Waals surface area contributed by atoms with Crippen LogP contribution in [0.15, 0.2) is 24.4 Å². The van der Waals surface area contributed by atoms with E-state index in [1.54, 1.807) is 16.8 Å². The molecule has 2 amide bonds. The first-order valence-electron chi connectivity index (χ1n) is 8.47. The molecule has 1 unspecified atom stereocenters. The van der Waals surface area contributed by atoms with Gasteiger partial charge in [0.1, 0.15) is 0 Å². The molecule has 0 bridgehead atoms. The molecule has 2 aliphatic heterocycles. The molecule has 2 aliphatic rings. The second kappa shape index (κ2) is 6.29. The average Bonchev–Trinajstić information content (AvgIpc) is 3.30. The Balaban J connectivity index is 1.49. The second-order valence-corrected chi connectivity index (χ2v) is 6.47. The molecular formula is C17H20N6O2. The highest BCUT2D eigenvalue weighted by Gasteiger charge is 2.29. The van der Waals surface area contributed by atoms with E-state index >= 15 is 0 Å². The molecule has 1 saturated heterocycles. The number of nitrogens with two attached hydrogens (primary N) is 1. The first kappa shape index (κ1) is 15.8. The quantitative estimate of drug-likeness (QED) is 0.825. The van der Waals surface area contributed by atoms with Crippen LogP contribution in [0.25, 0.3) is 0 Å². The summed E-state index contributed by atoms with van der Waals surface area (Å²) in [5.74, 6) is -0.0705. The number of carbonyl (C=O) groups excluding carboxylic acids is 2. The fourth-order valence-electron chi connectivity index (χ4n) is 3.47. The lowest BCUT2D eigenvalue weighted by Crippen LogP contribution is -2.33. The van der Waals surface area contributed by atoms with Crippen LogP contribution in [0.1, 0.15) is 44.4 Å². The molecule has 25 heavy (non-hydrogen) atoms. The fraction of sp³-hybridized carbons (Fsp3) is 0.412. The Kier molecular flexibility index (Phi) is 3.96. The van der Waals surface area contributed by atoms with Crippen molar-refractivity contribution in [2.75, 3.05) is 19.6 Å². The number of rotatable bonds is 3. The number of hydrogen-bond donors (Lipinski definition) is 2. The van der Waals surface area contributed by atoms with Crippen LogP contribution in [-0.4, -0.2) is 51.3 Å². The molecule has 8 heteroatoms. The van der Waals surface area contributed by atoms with Crippen molar-refractivity contribution < 1.29 is 9.59 Å². The van der Waals surface area contributed by atoms with Crippen molar-refractivity contribution in [2.24, 2.45) is 5.73 Å². The Bertz CT molecular complexity index is 830. The number of carbonyl (C=O) groups is 2. The van der Waals surface area contributed by atoms with Gasteiger partial charge in [-0.3, -0.25) is 9.59 Å². The predicted octanol–water partition coefficient (Wildman–Crippen LogP) is 0.110. The van der Waals surface area contributed by atoms with E-state index in [1.165, 1.54) is 0 Å². The van der Waals surface area contributed by atoms with Gasteiger partial charge in [0.2, 0.25) is 0 Å². The second-order valence-electron chi connectivity index (χ2n) is 6.47. The number of amides is 2. The molecule has 8 nitrogen and oxygen atoms in total. The summed E-state index contributed by atoms with van der Waals surface area (Å²) in [6.07, 6.45) is 3.44. The van der Waals surface area contributed by atoms with E-state index in [1.807, 2.05) is 17.2 Å². The van der Waals surface area contributed by atoms with Gasteiger partial charge in [-0.25, -0.2) is 4.68 Å². The molecule has 3 heterocycles. The van der Waals surface area contributed by atoms with E-state index in [0.717, 1.165) is 24.1 Å². The normalized spacial score (nSPS) is 19.6. The van der Waals surface area contributed by atoms with Crippen LogP contribution in [0.5, 0.6) is 0 Å². The van der Waals surface area contributed by atoms with E-state index in [2.05, 4.69) is 15.6 Å². The molecule has 130 valence electrons. The Labute approximate surface area is 145 Å². The Morgan fingerprint density at radius 1 is 1.40 bits per heavy atom. The Morgan fingerprint density at radius 2 is 2.28 bits per heavy atom. The van der Waals surface area contributed by atoms with Gasteiger partial charge in [-0.05, 0) is 36.6 Å². The third-order valence-electron chi connectivity index (χ3n) is 4.87. The molecule has 1 atom stereocenters. The fourth-order valence-corrected chi connectivity index (χ4v) is 3.47. The van der Waals surface area contributed by atoms with Crippen molar-refractivity contribution in [3.8, 4) is 0 Å². The summed E-state index contributed by atoms with van der Waals surface area (Å²) >= 11 is 0. The molecule has 1 aromatic heterocycles. The van der Waals surface area contributed by atoms with E-state index in [4.69, 9.17) is 5.73 Å². The lowest BCUT2D eigenvalue weighted by atomic mass is 9.97. The molecule has 0 spiro atoms. The van der Waals surface area contributed by atoms with Gasteiger partial charge in [0, 0.05) is 37.3 Å². The number of nitrogens with zero attached hydrogens (tertiary/aromatic N) is 4. The van der Waals surface area contributed by atoms with Gasteiger partial charge in [-0.2, -0.15) is 0 Å². The number of likely N-dealkylation sites (tertiary alicyclic amines) is 1. The van der Waals surface area contributed by atoms with Gasteiger partial charge in [-0.15, -0.1) is 5.10 Å². The first-order valence-corrected chi connectivity index (χ1v) is 8.47. The van der Waals surface area contributed by atoms with E-state index in [-0.39, 0.29) is 17.9 Å². The van der Waals surface area contributed by atoms with Crippen LogP contribution in [0.3, 0.4) is 0 Å². The zero-order valence-electron chi connectivity index (χ0n) is 13.8. The van der Waals surface area contributed by atoms with Crippen molar-refractivity contribution >= 4 is 11.8 Å². The average molecular weight is 340 g/mol. The van der Waals surface area contributed by atoms with Crippen LogP contribution in [0.4, 0.5) is 0 Å².